The van der Waals surface area contributed by atoms with Gasteiger partial charge in [-0.3, -0.25) is 0 Å². The molecule has 0 saturated carbocycles. The van der Waals surface area contributed by atoms with Gasteiger partial charge < -0.3 is 14.5 Å². The van der Waals surface area contributed by atoms with Gasteiger partial charge in [0.05, 0.1) is 12.1 Å². The number of para-hydroxylation sites is 1. The summed E-state index contributed by atoms with van der Waals surface area (Å²) in [5.41, 5.74) is 5.70. The first-order valence-corrected chi connectivity index (χ1v) is 10.1. The fourth-order valence-electron chi connectivity index (χ4n) is 4.48. The molecular weight excluding hydrogens is 393 g/mol. The fourth-order valence-corrected chi connectivity index (χ4v) is 4.48. The number of aryl methyl sites for hydroxylation is 1. The highest BCUT2D eigenvalue weighted by Gasteiger charge is 2.60. The van der Waals surface area contributed by atoms with Crippen molar-refractivity contribution in [2.45, 2.75) is 50.6 Å². The van der Waals surface area contributed by atoms with E-state index >= 15 is 0 Å². The number of rotatable bonds is 3. The number of oxime groups is 1. The van der Waals surface area contributed by atoms with Crippen molar-refractivity contribution >= 4 is 16.6 Å². The summed E-state index contributed by atoms with van der Waals surface area (Å²) in [6.45, 7) is 0.700. The van der Waals surface area contributed by atoms with Crippen LogP contribution in [0.1, 0.15) is 41.6 Å². The molecule has 0 radical (unpaired) electrons. The Balaban J connectivity index is 1.41. The summed E-state index contributed by atoms with van der Waals surface area (Å²) in [5, 5.41) is 14.4. The maximum atomic E-state index is 12.9. The molecule has 0 saturated heterocycles. The molecule has 1 aliphatic carbocycles. The van der Waals surface area contributed by atoms with Gasteiger partial charge >= 0.3 is 12.0 Å². The van der Waals surface area contributed by atoms with Crippen molar-refractivity contribution in [3.8, 4) is 0 Å². The number of alkyl halides is 3. The fraction of sp³-hybridized carbons (Fsp3) is 0.348. The molecular formula is C23H21F3N2O2. The van der Waals surface area contributed by atoms with Crippen molar-refractivity contribution in [3.05, 3.63) is 70.9 Å². The number of fused-ring (bicyclic) bond motifs is 3. The summed E-state index contributed by atoms with van der Waals surface area (Å²) in [6, 6.07) is 15.7. The molecule has 2 heterocycles. The van der Waals surface area contributed by atoms with E-state index in [1.165, 1.54) is 35.0 Å². The summed E-state index contributed by atoms with van der Waals surface area (Å²) >= 11 is 0. The molecule has 1 atom stereocenters. The molecule has 0 spiro atoms. The quantitative estimate of drug-likeness (QED) is 0.660. The maximum absolute atomic E-state index is 12.9. The monoisotopic (exact) mass is 414 g/mol. The number of hydrogen-bond acceptors (Lipinski definition) is 3. The lowest BCUT2D eigenvalue weighted by Crippen LogP contribution is -2.45. The zero-order valence-electron chi connectivity index (χ0n) is 16.2. The lowest BCUT2D eigenvalue weighted by Gasteiger charge is -2.22. The van der Waals surface area contributed by atoms with Gasteiger partial charge in [0.25, 0.3) is 0 Å². The van der Waals surface area contributed by atoms with Crippen LogP contribution in [0, 0.1) is 0 Å². The van der Waals surface area contributed by atoms with E-state index in [4.69, 9.17) is 0 Å². The average Bonchev–Trinajstić information content (AvgIpc) is 3.29. The Morgan fingerprint density at radius 2 is 1.77 bits per heavy atom. The van der Waals surface area contributed by atoms with Gasteiger partial charge in [-0.15, -0.1) is 0 Å². The Hall–Kier alpha value is -2.80. The minimum atomic E-state index is -4.90. The lowest BCUT2D eigenvalue weighted by molar-refractivity contribution is -0.355. The van der Waals surface area contributed by atoms with Crippen LogP contribution in [0.5, 0.6) is 0 Å². The number of aromatic nitrogens is 1. The molecule has 30 heavy (non-hydrogen) atoms. The number of aliphatic hydroxyl groups is 1. The molecule has 2 aromatic carbocycles. The molecule has 4 nitrogen and oxygen atoms in total. The predicted octanol–water partition coefficient (Wildman–Crippen LogP) is 4.94. The Morgan fingerprint density at radius 3 is 2.50 bits per heavy atom. The molecule has 2 aliphatic rings. The lowest BCUT2D eigenvalue weighted by atomic mass is 9.95. The van der Waals surface area contributed by atoms with E-state index in [1.807, 2.05) is 18.2 Å². The van der Waals surface area contributed by atoms with Crippen LogP contribution in [0.15, 0.2) is 53.7 Å². The van der Waals surface area contributed by atoms with Gasteiger partial charge in [-0.05, 0) is 48.4 Å². The minimum Gasteiger partial charge on any atom is -0.350 e. The van der Waals surface area contributed by atoms with Gasteiger partial charge in [0.1, 0.15) is 0 Å². The second-order valence-corrected chi connectivity index (χ2v) is 8.02. The van der Waals surface area contributed by atoms with Crippen LogP contribution >= 0.6 is 0 Å². The van der Waals surface area contributed by atoms with E-state index in [0.717, 1.165) is 18.4 Å². The first-order chi connectivity index (χ1) is 14.4. The van der Waals surface area contributed by atoms with Crippen LogP contribution in [0.3, 0.4) is 0 Å². The summed E-state index contributed by atoms with van der Waals surface area (Å²) in [5.74, 6) is -3.25. The Labute approximate surface area is 171 Å². The van der Waals surface area contributed by atoms with E-state index < -0.39 is 18.4 Å². The number of nitrogens with zero attached hydrogens (tertiary/aromatic N) is 2. The molecule has 0 amide bonds. The average molecular weight is 414 g/mol. The van der Waals surface area contributed by atoms with Gasteiger partial charge in [0.2, 0.25) is 0 Å². The van der Waals surface area contributed by atoms with E-state index in [2.05, 4.69) is 32.8 Å². The van der Waals surface area contributed by atoms with Gasteiger partial charge in [-0.1, -0.05) is 47.6 Å². The molecule has 7 heteroatoms. The summed E-state index contributed by atoms with van der Waals surface area (Å²) in [4.78, 5) is 4.31. The molecule has 156 valence electrons. The maximum Gasteiger partial charge on any atom is 0.458 e. The van der Waals surface area contributed by atoms with Crippen LogP contribution in [0.25, 0.3) is 10.9 Å². The van der Waals surface area contributed by atoms with Gasteiger partial charge in [-0.2, -0.15) is 13.2 Å². The van der Waals surface area contributed by atoms with Gasteiger partial charge in [0.15, 0.2) is 0 Å². The third-order valence-electron chi connectivity index (χ3n) is 6.07. The number of benzene rings is 2. The van der Waals surface area contributed by atoms with E-state index in [9.17, 15) is 18.3 Å². The van der Waals surface area contributed by atoms with Crippen molar-refractivity contribution in [3.63, 3.8) is 0 Å². The van der Waals surface area contributed by atoms with E-state index in [0.29, 0.717) is 12.1 Å². The van der Waals surface area contributed by atoms with Crippen molar-refractivity contribution in [2.24, 2.45) is 5.16 Å². The SMILES string of the molecule is OC1(C(F)(F)F)CC(c2ccc(Cn3c4c(c5ccccc53)CCCC4)cc2)=NO1. The van der Waals surface area contributed by atoms with Gasteiger partial charge in [0, 0.05) is 23.1 Å². The second kappa shape index (κ2) is 6.87. The summed E-state index contributed by atoms with van der Waals surface area (Å²) in [6.07, 6.45) is -1.05. The van der Waals surface area contributed by atoms with Crippen LogP contribution < -0.4 is 0 Å². The highest BCUT2D eigenvalue weighted by molar-refractivity contribution is 6.01. The number of hydrogen-bond donors (Lipinski definition) is 1. The summed E-state index contributed by atoms with van der Waals surface area (Å²) < 4.78 is 41.1. The zero-order valence-corrected chi connectivity index (χ0v) is 16.2. The highest BCUT2D eigenvalue weighted by atomic mass is 19.4. The third kappa shape index (κ3) is 3.08. The zero-order chi connectivity index (χ0) is 20.9. The first kappa shape index (κ1) is 19.2. The third-order valence-corrected chi connectivity index (χ3v) is 6.07. The predicted molar refractivity (Wildman–Crippen MR) is 107 cm³/mol. The van der Waals surface area contributed by atoms with E-state index in [-0.39, 0.29) is 5.71 Å². The molecule has 1 N–H and O–H groups in total. The standard InChI is InChI=1S/C23H21F3N2O2/c24-23(25,26)22(29)13-19(27-30-22)16-11-9-15(10-12-16)14-28-20-7-3-1-5-17(20)18-6-2-4-8-21(18)28/h1,3,5,7,9-12,29H,2,4,6,8,13-14H2. The molecule has 3 aromatic rings. The van der Waals surface area contributed by atoms with Crippen LogP contribution in [0.2, 0.25) is 0 Å². The largest absolute Gasteiger partial charge is 0.458 e. The molecule has 1 unspecified atom stereocenters. The van der Waals surface area contributed by atoms with Crippen molar-refractivity contribution in [1.82, 2.24) is 4.57 Å². The molecule has 5 rings (SSSR count). The van der Waals surface area contributed by atoms with Crippen molar-refractivity contribution in [2.75, 3.05) is 0 Å². The first-order valence-electron chi connectivity index (χ1n) is 10.1. The van der Waals surface area contributed by atoms with Crippen LogP contribution in [-0.2, 0) is 24.2 Å². The normalized spacial score (nSPS) is 21.4. The highest BCUT2D eigenvalue weighted by Crippen LogP contribution is 2.39. The van der Waals surface area contributed by atoms with Crippen molar-refractivity contribution in [1.29, 1.82) is 0 Å². The minimum absolute atomic E-state index is 0.0881. The van der Waals surface area contributed by atoms with Crippen LogP contribution in [0.4, 0.5) is 13.2 Å². The van der Waals surface area contributed by atoms with Crippen molar-refractivity contribution < 1.29 is 23.1 Å². The number of halogens is 3. The molecule has 1 aliphatic heterocycles. The summed E-state index contributed by atoms with van der Waals surface area (Å²) in [7, 11) is 0. The molecule has 0 fully saturated rings. The topological polar surface area (TPSA) is 46.8 Å². The second-order valence-electron chi connectivity index (χ2n) is 8.02. The van der Waals surface area contributed by atoms with Gasteiger partial charge in [-0.25, -0.2) is 0 Å². The molecule has 1 aromatic heterocycles. The van der Waals surface area contributed by atoms with Crippen LogP contribution in [-0.4, -0.2) is 27.3 Å². The Bertz CT molecular complexity index is 1130. The Morgan fingerprint density at radius 1 is 1.03 bits per heavy atom. The Kier molecular flexibility index (Phi) is 4.39. The molecule has 0 bridgehead atoms. The van der Waals surface area contributed by atoms with E-state index in [1.54, 1.807) is 12.1 Å². The smallest absolute Gasteiger partial charge is 0.350 e.